The van der Waals surface area contributed by atoms with Crippen molar-refractivity contribution in [3.63, 3.8) is 0 Å². The molecular formula is C11H8Cl2N2O. The van der Waals surface area contributed by atoms with Crippen molar-refractivity contribution < 1.29 is 4.74 Å². The fraction of sp³-hybridized carbons (Fsp3) is 0.0909. The molecule has 0 aliphatic heterocycles. The average molecular weight is 255 g/mol. The normalized spacial score (nSPS) is 10.2. The zero-order valence-corrected chi connectivity index (χ0v) is 9.96. The van der Waals surface area contributed by atoms with Crippen LogP contribution >= 0.6 is 23.2 Å². The van der Waals surface area contributed by atoms with Crippen molar-refractivity contribution >= 4 is 23.2 Å². The highest BCUT2D eigenvalue weighted by Gasteiger charge is 2.06. The summed E-state index contributed by atoms with van der Waals surface area (Å²) in [5, 5.41) is 1.11. The molecule has 1 aromatic heterocycles. The Morgan fingerprint density at radius 2 is 1.81 bits per heavy atom. The summed E-state index contributed by atoms with van der Waals surface area (Å²) < 4.78 is 4.98. The van der Waals surface area contributed by atoms with Crippen LogP contribution in [0.15, 0.2) is 30.6 Å². The molecule has 1 aromatic carbocycles. The molecule has 0 aliphatic carbocycles. The lowest BCUT2D eigenvalue weighted by Crippen LogP contribution is -1.91. The highest BCUT2D eigenvalue weighted by Crippen LogP contribution is 2.28. The van der Waals surface area contributed by atoms with E-state index in [1.165, 1.54) is 0 Å². The Labute approximate surface area is 103 Å². The molecule has 0 unspecified atom stereocenters. The molecule has 0 bridgehead atoms. The number of hydrogen-bond acceptors (Lipinski definition) is 3. The van der Waals surface area contributed by atoms with Crippen LogP contribution in [-0.4, -0.2) is 17.1 Å². The second kappa shape index (κ2) is 4.68. The summed E-state index contributed by atoms with van der Waals surface area (Å²) in [7, 11) is 1.56. The number of ether oxygens (including phenoxy) is 1. The first-order valence-electron chi connectivity index (χ1n) is 4.52. The van der Waals surface area contributed by atoms with Gasteiger partial charge in [-0.15, -0.1) is 0 Å². The minimum absolute atomic E-state index is 0.526. The minimum atomic E-state index is 0.526. The topological polar surface area (TPSA) is 35.0 Å². The van der Waals surface area contributed by atoms with E-state index in [-0.39, 0.29) is 0 Å². The highest BCUT2D eigenvalue weighted by atomic mass is 35.5. The van der Waals surface area contributed by atoms with Gasteiger partial charge in [0.05, 0.1) is 24.5 Å². The summed E-state index contributed by atoms with van der Waals surface area (Å²) in [6.07, 6.45) is 3.18. The number of methoxy groups -OCH3 is 1. The van der Waals surface area contributed by atoms with E-state index in [4.69, 9.17) is 27.9 Å². The molecule has 0 fully saturated rings. The number of benzene rings is 1. The van der Waals surface area contributed by atoms with Crippen LogP contribution in [-0.2, 0) is 0 Å². The molecule has 0 N–H and O–H groups in total. The molecule has 2 rings (SSSR count). The number of rotatable bonds is 2. The molecule has 0 radical (unpaired) electrons. The maximum absolute atomic E-state index is 6.04. The van der Waals surface area contributed by atoms with Crippen LogP contribution < -0.4 is 4.74 Å². The lowest BCUT2D eigenvalue weighted by atomic mass is 10.2. The zero-order valence-electron chi connectivity index (χ0n) is 8.45. The molecule has 0 saturated carbocycles. The van der Waals surface area contributed by atoms with Crippen molar-refractivity contribution in [1.82, 2.24) is 9.97 Å². The molecule has 0 spiro atoms. The van der Waals surface area contributed by atoms with Gasteiger partial charge < -0.3 is 4.74 Å². The fourth-order valence-corrected chi connectivity index (χ4v) is 1.72. The van der Waals surface area contributed by atoms with Crippen LogP contribution in [0.3, 0.4) is 0 Å². The van der Waals surface area contributed by atoms with Gasteiger partial charge in [0.15, 0.2) is 11.6 Å². The van der Waals surface area contributed by atoms with Crippen molar-refractivity contribution in [2.24, 2.45) is 0 Å². The molecule has 0 saturated heterocycles. The molecule has 0 atom stereocenters. The van der Waals surface area contributed by atoms with Gasteiger partial charge in [0.1, 0.15) is 0 Å². The van der Waals surface area contributed by atoms with Crippen LogP contribution in [0.2, 0.25) is 10.0 Å². The van der Waals surface area contributed by atoms with Gasteiger partial charge in [-0.25, -0.2) is 9.97 Å². The molecule has 16 heavy (non-hydrogen) atoms. The molecule has 5 heteroatoms. The summed E-state index contributed by atoms with van der Waals surface area (Å²) in [4.78, 5) is 8.29. The maximum atomic E-state index is 6.04. The summed E-state index contributed by atoms with van der Waals surface area (Å²) >= 11 is 11.8. The zero-order chi connectivity index (χ0) is 11.5. The maximum Gasteiger partial charge on any atom is 0.160 e. The van der Waals surface area contributed by atoms with Gasteiger partial charge in [0, 0.05) is 10.6 Å². The molecule has 1 heterocycles. The smallest absolute Gasteiger partial charge is 0.160 e. The highest BCUT2D eigenvalue weighted by molar-refractivity contribution is 6.36. The van der Waals surface area contributed by atoms with E-state index in [0.29, 0.717) is 21.6 Å². The van der Waals surface area contributed by atoms with E-state index in [1.54, 1.807) is 37.7 Å². The van der Waals surface area contributed by atoms with Crippen LogP contribution in [0.5, 0.6) is 5.75 Å². The Balaban J connectivity index is 2.42. The lowest BCUT2D eigenvalue weighted by molar-refractivity contribution is 0.411. The quantitative estimate of drug-likeness (QED) is 0.824. The Morgan fingerprint density at radius 1 is 1.12 bits per heavy atom. The first kappa shape index (κ1) is 11.2. The largest absolute Gasteiger partial charge is 0.494 e. The average Bonchev–Trinajstić information content (AvgIpc) is 2.29. The van der Waals surface area contributed by atoms with Crippen molar-refractivity contribution in [3.8, 4) is 17.1 Å². The van der Waals surface area contributed by atoms with Crippen molar-refractivity contribution in [3.05, 3.63) is 40.6 Å². The third-order valence-electron chi connectivity index (χ3n) is 2.04. The summed E-state index contributed by atoms with van der Waals surface area (Å²) in [5.41, 5.74) is 0.744. The third kappa shape index (κ3) is 2.26. The lowest BCUT2D eigenvalue weighted by Gasteiger charge is -2.04. The number of aromatic nitrogens is 2. The second-order valence-electron chi connectivity index (χ2n) is 3.07. The number of nitrogens with zero attached hydrogens (tertiary/aromatic N) is 2. The van der Waals surface area contributed by atoms with E-state index in [9.17, 15) is 0 Å². The van der Waals surface area contributed by atoms with Crippen LogP contribution in [0.1, 0.15) is 0 Å². The van der Waals surface area contributed by atoms with Gasteiger partial charge in [-0.1, -0.05) is 23.2 Å². The first-order valence-corrected chi connectivity index (χ1v) is 5.28. The van der Waals surface area contributed by atoms with Gasteiger partial charge in [-0.3, -0.25) is 0 Å². The van der Waals surface area contributed by atoms with Crippen molar-refractivity contribution in [2.45, 2.75) is 0 Å². The Kier molecular flexibility index (Phi) is 3.27. The van der Waals surface area contributed by atoms with Crippen molar-refractivity contribution in [1.29, 1.82) is 0 Å². The molecule has 2 aromatic rings. The number of hydrogen-bond donors (Lipinski definition) is 0. The summed E-state index contributed by atoms with van der Waals surface area (Å²) in [6, 6.07) is 5.19. The standard InChI is InChI=1S/C11H8Cl2N2O/c1-16-8-5-14-11(15-6-8)9-3-2-7(12)4-10(9)13/h2-6H,1H3. The Bertz CT molecular complexity index is 500. The summed E-state index contributed by atoms with van der Waals surface area (Å²) in [5.74, 6) is 1.15. The Morgan fingerprint density at radius 3 is 2.38 bits per heavy atom. The Hall–Kier alpha value is -1.32. The predicted octanol–water partition coefficient (Wildman–Crippen LogP) is 3.46. The van der Waals surface area contributed by atoms with Crippen LogP contribution in [0.4, 0.5) is 0 Å². The van der Waals surface area contributed by atoms with Gasteiger partial charge >= 0.3 is 0 Å². The second-order valence-corrected chi connectivity index (χ2v) is 3.91. The molecule has 0 aliphatic rings. The van der Waals surface area contributed by atoms with Gasteiger partial charge in [-0.05, 0) is 18.2 Å². The van der Waals surface area contributed by atoms with E-state index < -0.39 is 0 Å². The first-order chi connectivity index (χ1) is 7.70. The predicted molar refractivity (Wildman–Crippen MR) is 64.0 cm³/mol. The fourth-order valence-electron chi connectivity index (χ4n) is 1.23. The number of halogens is 2. The van der Waals surface area contributed by atoms with Crippen LogP contribution in [0, 0.1) is 0 Å². The SMILES string of the molecule is COc1cnc(-c2ccc(Cl)cc2Cl)nc1. The molecule has 0 amide bonds. The summed E-state index contributed by atoms with van der Waals surface area (Å²) in [6.45, 7) is 0. The van der Waals surface area contributed by atoms with E-state index in [1.807, 2.05) is 0 Å². The van der Waals surface area contributed by atoms with Crippen molar-refractivity contribution in [2.75, 3.05) is 7.11 Å². The minimum Gasteiger partial charge on any atom is -0.494 e. The van der Waals surface area contributed by atoms with Gasteiger partial charge in [-0.2, -0.15) is 0 Å². The van der Waals surface area contributed by atoms with E-state index in [2.05, 4.69) is 9.97 Å². The molecule has 82 valence electrons. The monoisotopic (exact) mass is 254 g/mol. The molecule has 3 nitrogen and oxygen atoms in total. The third-order valence-corrected chi connectivity index (χ3v) is 2.58. The van der Waals surface area contributed by atoms with Gasteiger partial charge in [0.2, 0.25) is 0 Å². The van der Waals surface area contributed by atoms with Gasteiger partial charge in [0.25, 0.3) is 0 Å². The van der Waals surface area contributed by atoms with E-state index in [0.717, 1.165) is 5.56 Å². The van der Waals surface area contributed by atoms with Crippen LogP contribution in [0.25, 0.3) is 11.4 Å². The van der Waals surface area contributed by atoms with E-state index >= 15 is 0 Å². The molecular weight excluding hydrogens is 247 g/mol.